The van der Waals surface area contributed by atoms with Crippen molar-refractivity contribution in [2.24, 2.45) is 11.5 Å². The monoisotopic (exact) mass is 460 g/mol. The fraction of sp³-hybridized carbons (Fsp3) is 0.250. The second-order valence-electron chi connectivity index (χ2n) is 6.90. The van der Waals surface area contributed by atoms with Gasteiger partial charge in [0.2, 0.25) is 5.91 Å². The molecule has 1 aliphatic rings. The number of imide groups is 1. The van der Waals surface area contributed by atoms with Crippen LogP contribution in [0.5, 0.6) is 5.75 Å². The van der Waals surface area contributed by atoms with Crippen LogP contribution in [0.25, 0.3) is 0 Å². The molecule has 152 valence electrons. The molecule has 0 saturated heterocycles. The van der Waals surface area contributed by atoms with Crippen LogP contribution in [0.15, 0.2) is 40.9 Å². The summed E-state index contributed by atoms with van der Waals surface area (Å²) >= 11 is 3.44. The standard InChI is InChI=1S/C20H21BrN4O4/c1-11-8-14(29-10-17(26)25-19(22)28)3-5-16(11)24-18(27)20(23)7-6-12-9-13(21)2-4-15(12)20/h2-5,8-9H,6-7,10,23H2,1H3,(H,24,27)(H3,22,25,26,28). The molecule has 1 atom stereocenters. The predicted molar refractivity (Wildman–Crippen MR) is 111 cm³/mol. The Morgan fingerprint density at radius 3 is 2.66 bits per heavy atom. The molecule has 29 heavy (non-hydrogen) atoms. The summed E-state index contributed by atoms with van der Waals surface area (Å²) in [4.78, 5) is 35.0. The number of nitrogens with one attached hydrogen (secondary N) is 2. The lowest BCUT2D eigenvalue weighted by Gasteiger charge is -2.25. The number of fused-ring (bicyclic) bond motifs is 1. The second-order valence-corrected chi connectivity index (χ2v) is 7.82. The first kappa shape index (κ1) is 20.8. The molecular weight excluding hydrogens is 440 g/mol. The predicted octanol–water partition coefficient (Wildman–Crippen LogP) is 2.07. The van der Waals surface area contributed by atoms with Crippen molar-refractivity contribution in [1.29, 1.82) is 0 Å². The van der Waals surface area contributed by atoms with Gasteiger partial charge in [0.1, 0.15) is 11.3 Å². The van der Waals surface area contributed by atoms with E-state index >= 15 is 0 Å². The molecule has 1 aliphatic carbocycles. The molecule has 3 rings (SSSR count). The Bertz CT molecular complexity index is 994. The number of nitrogens with two attached hydrogens (primary N) is 2. The summed E-state index contributed by atoms with van der Waals surface area (Å²) in [6.45, 7) is 1.45. The van der Waals surface area contributed by atoms with Crippen molar-refractivity contribution in [2.45, 2.75) is 25.3 Å². The highest BCUT2D eigenvalue weighted by Crippen LogP contribution is 2.37. The molecule has 4 amide bonds. The SMILES string of the molecule is Cc1cc(OCC(=O)NC(N)=O)ccc1NC(=O)C1(N)CCc2cc(Br)ccc21. The molecule has 0 radical (unpaired) electrons. The number of hydrogen-bond acceptors (Lipinski definition) is 5. The minimum Gasteiger partial charge on any atom is -0.484 e. The Labute approximate surface area is 176 Å². The number of urea groups is 1. The zero-order valence-corrected chi connectivity index (χ0v) is 17.3. The van der Waals surface area contributed by atoms with Gasteiger partial charge in [-0.3, -0.25) is 14.9 Å². The van der Waals surface area contributed by atoms with Crippen molar-refractivity contribution in [3.63, 3.8) is 0 Å². The van der Waals surface area contributed by atoms with E-state index in [1.54, 1.807) is 25.1 Å². The number of carbonyl (C=O) groups excluding carboxylic acids is 3. The quantitative estimate of drug-likeness (QED) is 0.541. The van der Waals surface area contributed by atoms with Gasteiger partial charge in [0.05, 0.1) is 0 Å². The first-order valence-electron chi connectivity index (χ1n) is 8.91. The lowest BCUT2D eigenvalue weighted by molar-refractivity contribution is -0.122. The largest absolute Gasteiger partial charge is 0.484 e. The van der Waals surface area contributed by atoms with Crippen LogP contribution < -0.4 is 26.8 Å². The first-order chi connectivity index (χ1) is 13.7. The molecule has 8 nitrogen and oxygen atoms in total. The molecule has 0 aromatic heterocycles. The molecule has 6 N–H and O–H groups in total. The van der Waals surface area contributed by atoms with E-state index in [0.29, 0.717) is 17.9 Å². The van der Waals surface area contributed by atoms with Gasteiger partial charge in [-0.1, -0.05) is 22.0 Å². The average Bonchev–Trinajstić information content (AvgIpc) is 2.99. The normalized spacial score (nSPS) is 17.3. The number of aryl methyl sites for hydroxylation is 2. The van der Waals surface area contributed by atoms with Gasteiger partial charge in [0.15, 0.2) is 6.61 Å². The van der Waals surface area contributed by atoms with Crippen molar-refractivity contribution in [2.75, 3.05) is 11.9 Å². The number of carbonyl (C=O) groups is 3. The highest BCUT2D eigenvalue weighted by atomic mass is 79.9. The summed E-state index contributed by atoms with van der Waals surface area (Å²) in [6, 6.07) is 9.78. The van der Waals surface area contributed by atoms with Gasteiger partial charge in [-0.2, -0.15) is 0 Å². The minimum absolute atomic E-state index is 0.281. The van der Waals surface area contributed by atoms with Crippen LogP contribution in [0, 0.1) is 6.92 Å². The van der Waals surface area contributed by atoms with Crippen LogP contribution in [0.4, 0.5) is 10.5 Å². The van der Waals surface area contributed by atoms with Crippen molar-refractivity contribution in [3.05, 3.63) is 57.6 Å². The van der Waals surface area contributed by atoms with Crippen molar-refractivity contribution >= 4 is 39.5 Å². The molecule has 0 heterocycles. The summed E-state index contributed by atoms with van der Waals surface area (Å²) in [6.07, 6.45) is 1.26. The van der Waals surface area contributed by atoms with Crippen molar-refractivity contribution in [3.8, 4) is 5.75 Å². The Kier molecular flexibility index (Phi) is 5.90. The van der Waals surface area contributed by atoms with Gasteiger partial charge in [-0.25, -0.2) is 4.79 Å². The maximum atomic E-state index is 13.0. The second kappa shape index (κ2) is 8.22. The molecule has 0 aliphatic heterocycles. The van der Waals surface area contributed by atoms with Gasteiger partial charge in [0.25, 0.3) is 5.91 Å². The van der Waals surface area contributed by atoms with E-state index in [1.807, 2.05) is 23.5 Å². The number of ether oxygens (including phenoxy) is 1. The van der Waals surface area contributed by atoms with Crippen molar-refractivity contribution < 1.29 is 19.1 Å². The van der Waals surface area contributed by atoms with E-state index in [9.17, 15) is 14.4 Å². The maximum absolute atomic E-state index is 13.0. The fourth-order valence-electron chi connectivity index (χ4n) is 3.33. The highest BCUT2D eigenvalue weighted by Gasteiger charge is 2.41. The minimum atomic E-state index is -1.09. The van der Waals surface area contributed by atoms with E-state index in [1.165, 1.54) is 0 Å². The Balaban J connectivity index is 1.69. The molecule has 0 bridgehead atoms. The van der Waals surface area contributed by atoms with Crippen LogP contribution in [0.3, 0.4) is 0 Å². The van der Waals surface area contributed by atoms with Gasteiger partial charge >= 0.3 is 6.03 Å². The van der Waals surface area contributed by atoms with E-state index in [-0.39, 0.29) is 12.5 Å². The number of primary amides is 1. The lowest BCUT2D eigenvalue weighted by Crippen LogP contribution is -2.46. The number of anilines is 1. The molecule has 0 spiro atoms. The Morgan fingerprint density at radius 1 is 1.21 bits per heavy atom. The molecule has 0 fully saturated rings. The average molecular weight is 461 g/mol. The molecular formula is C20H21BrN4O4. The fourth-order valence-corrected chi connectivity index (χ4v) is 3.74. The van der Waals surface area contributed by atoms with E-state index < -0.39 is 17.5 Å². The zero-order valence-electron chi connectivity index (χ0n) is 15.8. The summed E-state index contributed by atoms with van der Waals surface area (Å²) in [5.41, 5.74) is 13.5. The molecule has 1 unspecified atom stereocenters. The molecule has 2 aromatic carbocycles. The Hall–Kier alpha value is -2.91. The maximum Gasteiger partial charge on any atom is 0.318 e. The topological polar surface area (TPSA) is 137 Å². The van der Waals surface area contributed by atoms with Crippen LogP contribution in [-0.2, 0) is 21.5 Å². The van der Waals surface area contributed by atoms with Gasteiger partial charge < -0.3 is 21.5 Å². The van der Waals surface area contributed by atoms with E-state index in [2.05, 4.69) is 21.2 Å². The first-order valence-corrected chi connectivity index (χ1v) is 9.70. The number of hydrogen-bond donors (Lipinski definition) is 4. The number of benzene rings is 2. The summed E-state index contributed by atoms with van der Waals surface area (Å²) in [5.74, 6) is -0.515. The number of halogens is 1. The molecule has 2 aromatic rings. The molecule has 0 saturated carbocycles. The van der Waals surface area contributed by atoms with E-state index in [0.717, 1.165) is 27.6 Å². The zero-order chi connectivity index (χ0) is 21.2. The smallest absolute Gasteiger partial charge is 0.318 e. The third-order valence-electron chi connectivity index (χ3n) is 4.82. The third-order valence-corrected chi connectivity index (χ3v) is 5.31. The Morgan fingerprint density at radius 2 is 1.97 bits per heavy atom. The molecule has 9 heteroatoms. The van der Waals surface area contributed by atoms with Crippen LogP contribution in [0.2, 0.25) is 0 Å². The third kappa shape index (κ3) is 4.57. The summed E-state index contributed by atoms with van der Waals surface area (Å²) in [7, 11) is 0. The van der Waals surface area contributed by atoms with Crippen LogP contribution >= 0.6 is 15.9 Å². The van der Waals surface area contributed by atoms with Gasteiger partial charge in [-0.05, 0) is 66.8 Å². The van der Waals surface area contributed by atoms with E-state index in [4.69, 9.17) is 16.2 Å². The van der Waals surface area contributed by atoms with Gasteiger partial charge in [0, 0.05) is 10.2 Å². The summed E-state index contributed by atoms with van der Waals surface area (Å²) < 4.78 is 6.28. The van der Waals surface area contributed by atoms with Crippen molar-refractivity contribution in [1.82, 2.24) is 5.32 Å². The van der Waals surface area contributed by atoms with Gasteiger partial charge in [-0.15, -0.1) is 0 Å². The number of rotatable bonds is 5. The summed E-state index contributed by atoms with van der Waals surface area (Å²) in [5, 5.41) is 4.81. The highest BCUT2D eigenvalue weighted by molar-refractivity contribution is 9.10. The van der Waals surface area contributed by atoms with Crippen LogP contribution in [-0.4, -0.2) is 24.5 Å². The number of amides is 4. The van der Waals surface area contributed by atoms with Crippen LogP contribution in [0.1, 0.15) is 23.1 Å². The lowest BCUT2D eigenvalue weighted by atomic mass is 9.92.